The number of nitro groups is 1. The third-order valence-electron chi connectivity index (χ3n) is 3.76. The number of benzene rings is 1. The molecule has 0 aromatic heterocycles. The van der Waals surface area contributed by atoms with Crippen molar-refractivity contribution in [1.82, 2.24) is 4.90 Å². The summed E-state index contributed by atoms with van der Waals surface area (Å²) in [5.41, 5.74) is -1.52. The Morgan fingerprint density at radius 3 is 2.50 bits per heavy atom. The number of nitro benzene ring substituents is 1. The molecule has 0 aliphatic carbocycles. The van der Waals surface area contributed by atoms with Crippen LogP contribution >= 0.6 is 0 Å². The average molecular weight is 347 g/mol. The first-order valence-corrected chi connectivity index (χ1v) is 7.64. The number of morpholine rings is 1. The molecular formula is C15H20F3N3O3. The minimum absolute atomic E-state index is 0.0855. The van der Waals surface area contributed by atoms with Crippen LogP contribution < -0.4 is 5.32 Å². The van der Waals surface area contributed by atoms with Gasteiger partial charge in [0.25, 0.3) is 5.69 Å². The van der Waals surface area contributed by atoms with Crippen molar-refractivity contribution in [3.8, 4) is 0 Å². The fourth-order valence-electron chi connectivity index (χ4n) is 2.82. The summed E-state index contributed by atoms with van der Waals surface area (Å²) in [7, 11) is 0. The molecule has 2 unspecified atom stereocenters. The molecule has 0 saturated carbocycles. The van der Waals surface area contributed by atoms with Crippen LogP contribution in [0.1, 0.15) is 19.4 Å². The molecule has 24 heavy (non-hydrogen) atoms. The minimum atomic E-state index is -4.61. The van der Waals surface area contributed by atoms with Gasteiger partial charge in [0.2, 0.25) is 0 Å². The normalized spacial score (nSPS) is 22.4. The molecule has 9 heteroatoms. The molecule has 0 spiro atoms. The third-order valence-corrected chi connectivity index (χ3v) is 3.76. The topological polar surface area (TPSA) is 67.6 Å². The van der Waals surface area contributed by atoms with Gasteiger partial charge in [-0.3, -0.25) is 15.0 Å². The van der Waals surface area contributed by atoms with Crippen LogP contribution in [0.2, 0.25) is 0 Å². The number of alkyl halides is 3. The Labute approximate surface area is 137 Å². The number of rotatable bonds is 5. The van der Waals surface area contributed by atoms with Crippen molar-refractivity contribution in [2.45, 2.75) is 32.2 Å². The molecule has 6 nitrogen and oxygen atoms in total. The average Bonchev–Trinajstić information content (AvgIpc) is 2.45. The van der Waals surface area contributed by atoms with Gasteiger partial charge < -0.3 is 10.1 Å². The van der Waals surface area contributed by atoms with Crippen LogP contribution in [0.5, 0.6) is 0 Å². The van der Waals surface area contributed by atoms with Crippen LogP contribution in [0, 0.1) is 10.1 Å². The molecule has 134 valence electrons. The van der Waals surface area contributed by atoms with E-state index in [4.69, 9.17) is 4.74 Å². The minimum Gasteiger partial charge on any atom is -0.378 e. The maximum absolute atomic E-state index is 12.7. The lowest BCUT2D eigenvalue weighted by molar-refractivity contribution is -0.384. The van der Waals surface area contributed by atoms with Crippen molar-refractivity contribution in [3.05, 3.63) is 33.9 Å². The van der Waals surface area contributed by atoms with Gasteiger partial charge in [-0.05, 0) is 26.0 Å². The molecule has 0 amide bonds. The molecule has 1 aliphatic heterocycles. The summed E-state index contributed by atoms with van der Waals surface area (Å²) < 4.78 is 43.6. The molecule has 0 bridgehead atoms. The van der Waals surface area contributed by atoms with Gasteiger partial charge in [0.15, 0.2) is 0 Å². The first-order valence-electron chi connectivity index (χ1n) is 7.64. The van der Waals surface area contributed by atoms with Crippen LogP contribution in [0.15, 0.2) is 18.2 Å². The van der Waals surface area contributed by atoms with Gasteiger partial charge >= 0.3 is 6.18 Å². The highest BCUT2D eigenvalue weighted by Crippen LogP contribution is 2.34. The molecule has 0 radical (unpaired) electrons. The Balaban J connectivity index is 2.00. The summed E-state index contributed by atoms with van der Waals surface area (Å²) in [4.78, 5) is 12.4. The first kappa shape index (κ1) is 18.5. The summed E-state index contributed by atoms with van der Waals surface area (Å²) in [6.45, 7) is 6.46. The fourth-order valence-corrected chi connectivity index (χ4v) is 2.82. The van der Waals surface area contributed by atoms with Gasteiger partial charge in [-0.15, -0.1) is 0 Å². The summed E-state index contributed by atoms with van der Waals surface area (Å²) in [6.07, 6.45) is -4.40. The lowest BCUT2D eigenvalue weighted by Gasteiger charge is -2.35. The van der Waals surface area contributed by atoms with E-state index >= 15 is 0 Å². The van der Waals surface area contributed by atoms with Crippen molar-refractivity contribution >= 4 is 11.4 Å². The predicted molar refractivity (Wildman–Crippen MR) is 83.0 cm³/mol. The standard InChI is InChI=1S/C15H20F3N3O3/c1-10-8-20(9-11(2)24-10)6-5-19-13-4-3-12(15(16,17)18)7-14(13)21(22)23/h3-4,7,10-11,19H,5-6,8-9H2,1-2H3. The lowest BCUT2D eigenvalue weighted by Crippen LogP contribution is -2.46. The smallest absolute Gasteiger partial charge is 0.378 e. The van der Waals surface area contributed by atoms with Gasteiger partial charge in [-0.25, -0.2) is 0 Å². The molecule has 2 rings (SSSR count). The molecule has 1 saturated heterocycles. The van der Waals surface area contributed by atoms with Gasteiger partial charge in [-0.1, -0.05) is 0 Å². The SMILES string of the molecule is CC1CN(CCNc2ccc(C(F)(F)F)cc2[N+](=O)[O-])CC(C)O1. The maximum Gasteiger partial charge on any atom is 0.416 e. The maximum atomic E-state index is 12.7. The van der Waals surface area contributed by atoms with Crippen molar-refractivity contribution in [3.63, 3.8) is 0 Å². The van der Waals surface area contributed by atoms with Crippen molar-refractivity contribution in [2.24, 2.45) is 0 Å². The monoisotopic (exact) mass is 347 g/mol. The van der Waals surface area contributed by atoms with Gasteiger partial charge in [-0.2, -0.15) is 13.2 Å². The number of halogens is 3. The Hall–Kier alpha value is -1.87. The van der Waals surface area contributed by atoms with Crippen LogP contribution in [0.4, 0.5) is 24.5 Å². The highest BCUT2D eigenvalue weighted by Gasteiger charge is 2.33. The predicted octanol–water partition coefficient (Wildman–Crippen LogP) is 3.13. The lowest BCUT2D eigenvalue weighted by atomic mass is 10.1. The number of nitrogens with one attached hydrogen (secondary N) is 1. The largest absolute Gasteiger partial charge is 0.416 e. The Morgan fingerprint density at radius 1 is 1.33 bits per heavy atom. The van der Waals surface area contributed by atoms with Gasteiger partial charge in [0.1, 0.15) is 5.69 Å². The molecule has 1 aromatic rings. The quantitative estimate of drug-likeness (QED) is 0.655. The number of nitrogens with zero attached hydrogens (tertiary/aromatic N) is 2. The third kappa shape index (κ3) is 4.81. The van der Waals surface area contributed by atoms with E-state index in [1.807, 2.05) is 13.8 Å². The summed E-state index contributed by atoms with van der Waals surface area (Å²) >= 11 is 0. The zero-order valence-electron chi connectivity index (χ0n) is 13.5. The highest BCUT2D eigenvalue weighted by atomic mass is 19.4. The van der Waals surface area contributed by atoms with E-state index in [0.717, 1.165) is 25.2 Å². The number of hydrogen-bond acceptors (Lipinski definition) is 5. The van der Waals surface area contributed by atoms with Crippen LogP contribution in [-0.2, 0) is 10.9 Å². The Bertz CT molecular complexity index is 585. The molecule has 1 aliphatic rings. The van der Waals surface area contributed by atoms with E-state index in [2.05, 4.69) is 10.2 Å². The molecule has 2 atom stereocenters. The van der Waals surface area contributed by atoms with Crippen LogP contribution in [0.25, 0.3) is 0 Å². The van der Waals surface area contributed by atoms with E-state index in [-0.39, 0.29) is 17.9 Å². The summed E-state index contributed by atoms with van der Waals surface area (Å²) in [5.74, 6) is 0. The second kappa shape index (κ2) is 7.35. The second-order valence-corrected chi connectivity index (χ2v) is 5.93. The van der Waals surface area contributed by atoms with Crippen LogP contribution in [0.3, 0.4) is 0 Å². The number of anilines is 1. The van der Waals surface area contributed by atoms with E-state index in [9.17, 15) is 23.3 Å². The van der Waals surface area contributed by atoms with Crippen molar-refractivity contribution in [1.29, 1.82) is 0 Å². The molecule has 1 N–H and O–H groups in total. The number of ether oxygens (including phenoxy) is 1. The second-order valence-electron chi connectivity index (χ2n) is 5.93. The van der Waals surface area contributed by atoms with Gasteiger partial charge in [0, 0.05) is 32.2 Å². The Kier molecular flexibility index (Phi) is 5.66. The zero-order valence-corrected chi connectivity index (χ0v) is 13.5. The van der Waals surface area contributed by atoms with E-state index < -0.39 is 22.4 Å². The van der Waals surface area contributed by atoms with E-state index in [1.54, 1.807) is 0 Å². The van der Waals surface area contributed by atoms with Crippen molar-refractivity contribution in [2.75, 3.05) is 31.5 Å². The first-order chi connectivity index (χ1) is 11.2. The summed E-state index contributed by atoms with van der Waals surface area (Å²) in [5, 5.41) is 13.9. The Morgan fingerprint density at radius 2 is 1.96 bits per heavy atom. The van der Waals surface area contributed by atoms with E-state index in [0.29, 0.717) is 19.2 Å². The zero-order chi connectivity index (χ0) is 17.9. The highest BCUT2D eigenvalue weighted by molar-refractivity contribution is 5.62. The molecule has 1 heterocycles. The molecule has 1 aromatic carbocycles. The van der Waals surface area contributed by atoms with Crippen LogP contribution in [-0.4, -0.2) is 48.2 Å². The number of hydrogen-bond donors (Lipinski definition) is 1. The molecular weight excluding hydrogens is 327 g/mol. The molecule has 1 fully saturated rings. The van der Waals surface area contributed by atoms with E-state index in [1.165, 1.54) is 0 Å². The fraction of sp³-hybridized carbons (Fsp3) is 0.600. The van der Waals surface area contributed by atoms with Gasteiger partial charge in [0.05, 0.1) is 22.7 Å². The summed E-state index contributed by atoms with van der Waals surface area (Å²) in [6, 6.07) is 2.50. The van der Waals surface area contributed by atoms with Crippen molar-refractivity contribution < 1.29 is 22.8 Å².